The predicted octanol–water partition coefficient (Wildman–Crippen LogP) is 2.39. The van der Waals surface area contributed by atoms with Gasteiger partial charge in [-0.05, 0) is 33.3 Å². The van der Waals surface area contributed by atoms with Crippen molar-refractivity contribution in [1.29, 1.82) is 0 Å². The fourth-order valence-electron chi connectivity index (χ4n) is 2.66. The molecule has 108 valence electrons. The molecule has 1 aromatic carbocycles. The quantitative estimate of drug-likeness (QED) is 0.862. The van der Waals surface area contributed by atoms with Crippen molar-refractivity contribution in [3.8, 4) is 0 Å². The van der Waals surface area contributed by atoms with Gasteiger partial charge in [0.15, 0.2) is 5.60 Å². The van der Waals surface area contributed by atoms with E-state index in [9.17, 15) is 5.11 Å². The van der Waals surface area contributed by atoms with Gasteiger partial charge in [0.2, 0.25) is 5.90 Å². The summed E-state index contributed by atoms with van der Waals surface area (Å²) in [6.07, 6.45) is -0.850. The Hall–Kier alpha value is -1.39. The fraction of sp³-hybridized carbons (Fsp3) is 0.562. The van der Waals surface area contributed by atoms with E-state index in [4.69, 9.17) is 9.47 Å². The van der Waals surface area contributed by atoms with E-state index in [1.807, 2.05) is 45.0 Å². The van der Waals surface area contributed by atoms with E-state index in [0.717, 1.165) is 5.56 Å². The summed E-state index contributed by atoms with van der Waals surface area (Å²) in [4.78, 5) is 4.58. The van der Waals surface area contributed by atoms with Gasteiger partial charge in [-0.2, -0.15) is 0 Å². The van der Waals surface area contributed by atoms with E-state index in [1.54, 1.807) is 6.92 Å². The SMILES string of the molecule is Cc1ccc([C@@H]2O[C@@]2(C2=NC(C)(C)CO2)[C@@H](C)O)cc1. The molecule has 2 aliphatic rings. The highest BCUT2D eigenvalue weighted by Gasteiger charge is 2.67. The fourth-order valence-corrected chi connectivity index (χ4v) is 2.66. The number of ether oxygens (including phenoxy) is 2. The molecule has 2 aliphatic heterocycles. The van der Waals surface area contributed by atoms with Gasteiger partial charge in [-0.25, -0.2) is 4.99 Å². The summed E-state index contributed by atoms with van der Waals surface area (Å²) in [5.74, 6) is 0.531. The molecule has 0 radical (unpaired) electrons. The average molecular weight is 275 g/mol. The molecule has 0 amide bonds. The molecule has 0 spiro atoms. The van der Waals surface area contributed by atoms with Crippen molar-refractivity contribution in [2.24, 2.45) is 4.99 Å². The Morgan fingerprint density at radius 2 is 1.95 bits per heavy atom. The first-order valence-electron chi connectivity index (χ1n) is 7.01. The van der Waals surface area contributed by atoms with Gasteiger partial charge in [-0.1, -0.05) is 29.8 Å². The van der Waals surface area contributed by atoms with Crippen LogP contribution in [0.4, 0.5) is 0 Å². The van der Waals surface area contributed by atoms with Crippen LogP contribution in [0.1, 0.15) is 38.0 Å². The average Bonchev–Trinajstić information content (AvgIpc) is 3.03. The number of aryl methyl sites for hydroxylation is 1. The number of nitrogens with zero attached hydrogens (tertiary/aromatic N) is 1. The highest BCUT2D eigenvalue weighted by Crippen LogP contribution is 2.54. The Kier molecular flexibility index (Phi) is 2.92. The van der Waals surface area contributed by atoms with Crippen molar-refractivity contribution in [2.75, 3.05) is 6.61 Å². The molecular formula is C16H21NO3. The summed E-state index contributed by atoms with van der Waals surface area (Å²) in [5.41, 5.74) is 1.18. The number of hydrogen-bond donors (Lipinski definition) is 1. The van der Waals surface area contributed by atoms with Gasteiger partial charge in [0, 0.05) is 0 Å². The first kappa shape index (κ1) is 13.6. The highest BCUT2D eigenvalue weighted by molar-refractivity contribution is 5.91. The smallest absolute Gasteiger partial charge is 0.223 e. The first-order chi connectivity index (χ1) is 9.35. The monoisotopic (exact) mass is 275 g/mol. The van der Waals surface area contributed by atoms with Gasteiger partial charge in [0.25, 0.3) is 0 Å². The molecule has 1 N–H and O–H groups in total. The Morgan fingerprint density at radius 1 is 1.30 bits per heavy atom. The minimum atomic E-state index is -0.816. The topological polar surface area (TPSA) is 54.4 Å². The van der Waals surface area contributed by atoms with Gasteiger partial charge in [-0.3, -0.25) is 0 Å². The van der Waals surface area contributed by atoms with E-state index < -0.39 is 11.7 Å². The van der Waals surface area contributed by atoms with Crippen molar-refractivity contribution in [3.05, 3.63) is 35.4 Å². The zero-order valence-corrected chi connectivity index (χ0v) is 12.4. The minimum absolute atomic E-state index is 0.184. The number of benzene rings is 1. The molecule has 3 atom stereocenters. The lowest BCUT2D eigenvalue weighted by Crippen LogP contribution is -2.37. The molecular weight excluding hydrogens is 254 g/mol. The highest BCUT2D eigenvalue weighted by atomic mass is 16.7. The summed E-state index contributed by atoms with van der Waals surface area (Å²) in [5, 5.41) is 10.2. The molecule has 2 heterocycles. The largest absolute Gasteiger partial charge is 0.476 e. The summed E-state index contributed by atoms with van der Waals surface area (Å²) in [7, 11) is 0. The van der Waals surface area contributed by atoms with Crippen molar-refractivity contribution in [2.45, 2.75) is 51.0 Å². The van der Waals surface area contributed by atoms with Crippen LogP contribution in [-0.4, -0.2) is 34.9 Å². The van der Waals surface area contributed by atoms with Crippen LogP contribution in [0.15, 0.2) is 29.3 Å². The molecule has 3 rings (SSSR count). The molecule has 4 heteroatoms. The second-order valence-corrected chi connectivity index (χ2v) is 6.40. The van der Waals surface area contributed by atoms with Crippen LogP contribution in [0.25, 0.3) is 0 Å². The lowest BCUT2D eigenvalue weighted by molar-refractivity contribution is 0.110. The van der Waals surface area contributed by atoms with Crippen molar-refractivity contribution in [3.63, 3.8) is 0 Å². The minimum Gasteiger partial charge on any atom is -0.476 e. The van der Waals surface area contributed by atoms with Crippen LogP contribution in [0.2, 0.25) is 0 Å². The maximum absolute atomic E-state index is 10.2. The van der Waals surface area contributed by atoms with Crippen LogP contribution < -0.4 is 0 Å². The first-order valence-corrected chi connectivity index (χ1v) is 7.01. The number of rotatable bonds is 3. The predicted molar refractivity (Wildman–Crippen MR) is 76.9 cm³/mol. The zero-order chi connectivity index (χ0) is 14.5. The third-order valence-electron chi connectivity index (χ3n) is 3.95. The van der Waals surface area contributed by atoms with E-state index >= 15 is 0 Å². The number of aliphatic hydroxyl groups excluding tert-OH is 1. The third kappa shape index (κ3) is 2.03. The summed E-state index contributed by atoms with van der Waals surface area (Å²) in [6.45, 7) is 8.33. The number of epoxide rings is 1. The second-order valence-electron chi connectivity index (χ2n) is 6.40. The van der Waals surface area contributed by atoms with Gasteiger partial charge >= 0.3 is 0 Å². The summed E-state index contributed by atoms with van der Waals surface area (Å²) < 4.78 is 11.6. The second kappa shape index (κ2) is 4.30. The summed E-state index contributed by atoms with van der Waals surface area (Å²) >= 11 is 0. The molecule has 4 nitrogen and oxygen atoms in total. The van der Waals surface area contributed by atoms with E-state index in [1.165, 1.54) is 5.56 Å². The Labute approximate surface area is 119 Å². The molecule has 0 unspecified atom stereocenters. The third-order valence-corrected chi connectivity index (χ3v) is 3.95. The Balaban J connectivity index is 1.92. The van der Waals surface area contributed by atoms with Crippen LogP contribution in [0.5, 0.6) is 0 Å². The maximum Gasteiger partial charge on any atom is 0.223 e. The lowest BCUT2D eigenvalue weighted by atomic mass is 9.94. The van der Waals surface area contributed by atoms with Crippen molar-refractivity contribution < 1.29 is 14.6 Å². The van der Waals surface area contributed by atoms with Crippen LogP contribution >= 0.6 is 0 Å². The molecule has 1 saturated heterocycles. The van der Waals surface area contributed by atoms with Crippen LogP contribution in [-0.2, 0) is 9.47 Å². The molecule has 0 aliphatic carbocycles. The van der Waals surface area contributed by atoms with E-state index in [-0.39, 0.29) is 11.6 Å². The number of aliphatic imine (C=N–C) groups is 1. The number of hydrogen-bond acceptors (Lipinski definition) is 4. The van der Waals surface area contributed by atoms with Gasteiger partial charge in [-0.15, -0.1) is 0 Å². The van der Waals surface area contributed by atoms with Crippen molar-refractivity contribution >= 4 is 5.90 Å². The zero-order valence-electron chi connectivity index (χ0n) is 12.4. The molecule has 0 bridgehead atoms. The standard InChI is InChI=1S/C16H21NO3/c1-10-5-7-12(8-6-10)13-16(20-13,11(2)18)14-17-15(3,4)9-19-14/h5-8,11,13,18H,9H2,1-4H3/t11-,13+,16+/m1/s1. The van der Waals surface area contributed by atoms with Gasteiger partial charge in [0.05, 0.1) is 11.6 Å². The molecule has 1 fully saturated rings. The molecule has 0 saturated carbocycles. The summed E-state index contributed by atoms with van der Waals surface area (Å²) in [6, 6.07) is 8.16. The van der Waals surface area contributed by atoms with E-state index in [2.05, 4.69) is 4.99 Å². The lowest BCUT2D eigenvalue weighted by Gasteiger charge is -2.15. The van der Waals surface area contributed by atoms with Gasteiger partial charge < -0.3 is 14.6 Å². The van der Waals surface area contributed by atoms with Crippen molar-refractivity contribution in [1.82, 2.24) is 0 Å². The normalized spacial score (nSPS) is 32.5. The van der Waals surface area contributed by atoms with E-state index in [0.29, 0.717) is 12.5 Å². The van der Waals surface area contributed by atoms with Gasteiger partial charge in [0.1, 0.15) is 12.7 Å². The van der Waals surface area contributed by atoms with Crippen LogP contribution in [0.3, 0.4) is 0 Å². The maximum atomic E-state index is 10.2. The molecule has 0 aromatic heterocycles. The van der Waals surface area contributed by atoms with Crippen LogP contribution in [0, 0.1) is 6.92 Å². The molecule has 1 aromatic rings. The number of aliphatic hydroxyl groups is 1. The Bertz CT molecular complexity index is 547. The Morgan fingerprint density at radius 3 is 2.45 bits per heavy atom. The molecule has 20 heavy (non-hydrogen) atoms.